The van der Waals surface area contributed by atoms with Crippen LogP contribution in [0.5, 0.6) is 0 Å². The fourth-order valence-corrected chi connectivity index (χ4v) is 3.91. The second-order valence-electron chi connectivity index (χ2n) is 7.19. The molecule has 0 unspecified atom stereocenters. The zero-order valence-corrected chi connectivity index (χ0v) is 21.3. The van der Waals surface area contributed by atoms with Crippen LogP contribution in [0.3, 0.4) is 0 Å². The molecular weight excluding hydrogens is 523 g/mol. The molecule has 0 radical (unpaired) electrons. The fraction of sp³-hybridized carbons (Fsp3) is 0.348. The Hall–Kier alpha value is -2.07. The van der Waals surface area contributed by atoms with Crippen molar-refractivity contribution in [2.75, 3.05) is 33.4 Å². The van der Waals surface area contributed by atoms with Gasteiger partial charge in [0.15, 0.2) is 5.96 Å². The molecule has 0 saturated heterocycles. The lowest BCUT2D eigenvalue weighted by atomic mass is 10.1. The Kier molecular flexibility index (Phi) is 9.83. The summed E-state index contributed by atoms with van der Waals surface area (Å²) in [7, 11) is 3.78. The van der Waals surface area contributed by atoms with Crippen molar-refractivity contribution >= 4 is 53.5 Å². The average molecular weight is 552 g/mol. The minimum absolute atomic E-state index is 0. The second kappa shape index (κ2) is 12.1. The number of hydrogen-bond donors (Lipinski definition) is 1. The quantitative estimate of drug-likeness (QED) is 0.133. The molecule has 3 rings (SSSR count). The van der Waals surface area contributed by atoms with Crippen LogP contribution in [0.25, 0.3) is 0 Å². The minimum Gasteiger partial charge on any atom is -0.356 e. The van der Waals surface area contributed by atoms with Gasteiger partial charge >= 0.3 is 0 Å². The zero-order valence-electron chi connectivity index (χ0n) is 18.1. The van der Waals surface area contributed by atoms with E-state index in [1.165, 1.54) is 15.4 Å². The molecule has 1 aliphatic heterocycles. The number of unbranched alkanes of at least 4 members (excludes halogenated alkanes) is 1. The van der Waals surface area contributed by atoms with E-state index in [0.29, 0.717) is 17.7 Å². The van der Waals surface area contributed by atoms with E-state index in [1.807, 2.05) is 7.05 Å². The number of hydrogen-bond acceptors (Lipinski definition) is 4. The lowest BCUT2D eigenvalue weighted by molar-refractivity contribution is 0.0652. The molecule has 6 nitrogen and oxygen atoms in total. The van der Waals surface area contributed by atoms with Crippen LogP contribution in [-0.2, 0) is 6.54 Å². The van der Waals surface area contributed by atoms with Crippen LogP contribution in [0.1, 0.15) is 39.1 Å². The Labute approximate surface area is 205 Å². The summed E-state index contributed by atoms with van der Waals surface area (Å²) < 4.78 is 0. The van der Waals surface area contributed by atoms with E-state index in [2.05, 4.69) is 45.7 Å². The largest absolute Gasteiger partial charge is 0.356 e. The summed E-state index contributed by atoms with van der Waals surface area (Å²) in [4.78, 5) is 33.8. The van der Waals surface area contributed by atoms with Crippen molar-refractivity contribution in [2.45, 2.75) is 24.3 Å². The van der Waals surface area contributed by atoms with E-state index >= 15 is 0 Å². The van der Waals surface area contributed by atoms with Gasteiger partial charge in [0.2, 0.25) is 0 Å². The molecule has 1 aliphatic rings. The molecular formula is C23H29IN4O2S. The number of nitrogens with zero attached hydrogens (tertiary/aromatic N) is 3. The number of carbonyl (C=O) groups is 2. The summed E-state index contributed by atoms with van der Waals surface area (Å²) in [6.45, 7) is 1.93. The Morgan fingerprint density at radius 3 is 2.19 bits per heavy atom. The first-order valence-corrected chi connectivity index (χ1v) is 11.3. The molecule has 8 heteroatoms. The summed E-state index contributed by atoms with van der Waals surface area (Å²) in [6, 6.07) is 15.5. The maximum Gasteiger partial charge on any atom is 0.261 e. The number of amides is 2. The van der Waals surface area contributed by atoms with Crippen molar-refractivity contribution in [3.8, 4) is 0 Å². The van der Waals surface area contributed by atoms with Gasteiger partial charge in [-0.05, 0) is 48.9 Å². The van der Waals surface area contributed by atoms with Gasteiger partial charge in [0.05, 0.1) is 11.1 Å². The molecule has 0 aromatic heterocycles. The maximum atomic E-state index is 12.4. The molecule has 2 aromatic carbocycles. The number of imide groups is 1. The van der Waals surface area contributed by atoms with Gasteiger partial charge in [-0.2, -0.15) is 0 Å². The number of nitrogens with one attached hydrogen (secondary N) is 1. The highest BCUT2D eigenvalue weighted by Crippen LogP contribution is 2.22. The number of rotatable bonds is 8. The highest BCUT2D eigenvalue weighted by molar-refractivity contribution is 14.0. The lowest BCUT2D eigenvalue weighted by Gasteiger charge is -2.22. The molecule has 2 amide bonds. The monoisotopic (exact) mass is 552 g/mol. The number of halogens is 1. The Balaban J connectivity index is 0.00000341. The van der Waals surface area contributed by atoms with Crippen LogP contribution < -0.4 is 5.32 Å². The van der Waals surface area contributed by atoms with Crippen LogP contribution in [-0.4, -0.2) is 61.0 Å². The van der Waals surface area contributed by atoms with Crippen LogP contribution in [0.2, 0.25) is 0 Å². The SMILES string of the molecule is CN=C(NCCCCN1C(=O)c2ccccc2C1=O)N(C)Cc1ccc(SC)cc1.I. The number of thioether (sulfide) groups is 1. The van der Waals surface area contributed by atoms with Gasteiger partial charge in [0.25, 0.3) is 11.8 Å². The van der Waals surface area contributed by atoms with Crippen molar-refractivity contribution in [1.29, 1.82) is 0 Å². The van der Waals surface area contributed by atoms with Crippen molar-refractivity contribution in [1.82, 2.24) is 15.1 Å². The number of aliphatic imine (C=N–C) groups is 1. The summed E-state index contributed by atoms with van der Waals surface area (Å²) in [6.07, 6.45) is 3.65. The van der Waals surface area contributed by atoms with Crippen LogP contribution in [0.4, 0.5) is 0 Å². The molecule has 31 heavy (non-hydrogen) atoms. The van der Waals surface area contributed by atoms with Crippen molar-refractivity contribution < 1.29 is 9.59 Å². The topological polar surface area (TPSA) is 65.0 Å². The van der Waals surface area contributed by atoms with E-state index in [0.717, 1.165) is 31.9 Å². The molecule has 1 N–H and O–H groups in total. The molecule has 166 valence electrons. The predicted octanol–water partition coefficient (Wildman–Crippen LogP) is 4.11. The molecule has 0 bridgehead atoms. The van der Waals surface area contributed by atoms with Gasteiger partial charge in [0.1, 0.15) is 0 Å². The molecule has 0 fully saturated rings. The molecule has 2 aromatic rings. The molecule has 0 spiro atoms. The van der Waals surface area contributed by atoms with E-state index in [-0.39, 0.29) is 35.8 Å². The maximum absolute atomic E-state index is 12.4. The standard InChI is InChI=1S/C23H28N4O2S.HI/c1-24-23(26(2)16-17-10-12-18(30-3)13-11-17)25-14-6-7-15-27-21(28)19-8-4-5-9-20(19)22(27)29;/h4-5,8-13H,6-7,14-16H2,1-3H3,(H,24,25);1H. The fourth-order valence-electron chi connectivity index (χ4n) is 3.50. The number of guanidine groups is 1. The normalized spacial score (nSPS) is 13.1. The van der Waals surface area contributed by atoms with Crippen molar-refractivity contribution in [3.63, 3.8) is 0 Å². The Bertz CT molecular complexity index is 898. The highest BCUT2D eigenvalue weighted by atomic mass is 127. The minimum atomic E-state index is -0.188. The smallest absolute Gasteiger partial charge is 0.261 e. The predicted molar refractivity (Wildman–Crippen MR) is 138 cm³/mol. The first-order valence-electron chi connectivity index (χ1n) is 10.0. The first-order chi connectivity index (χ1) is 14.5. The molecule has 0 saturated carbocycles. The van der Waals surface area contributed by atoms with E-state index < -0.39 is 0 Å². The van der Waals surface area contributed by atoms with Gasteiger partial charge < -0.3 is 10.2 Å². The van der Waals surface area contributed by atoms with E-state index in [9.17, 15) is 9.59 Å². The third-order valence-corrected chi connectivity index (χ3v) is 5.87. The van der Waals surface area contributed by atoms with Gasteiger partial charge in [0, 0.05) is 38.6 Å². The van der Waals surface area contributed by atoms with Gasteiger partial charge in [-0.3, -0.25) is 19.5 Å². The molecule has 0 atom stereocenters. The lowest BCUT2D eigenvalue weighted by Crippen LogP contribution is -2.39. The highest BCUT2D eigenvalue weighted by Gasteiger charge is 2.34. The summed E-state index contributed by atoms with van der Waals surface area (Å²) >= 11 is 1.73. The second-order valence-corrected chi connectivity index (χ2v) is 8.07. The molecule has 1 heterocycles. The van der Waals surface area contributed by atoms with Gasteiger partial charge in [-0.1, -0.05) is 24.3 Å². The van der Waals surface area contributed by atoms with E-state index in [4.69, 9.17) is 0 Å². The first kappa shape index (κ1) is 25.2. The number of carbonyl (C=O) groups excluding carboxylic acids is 2. The van der Waals surface area contributed by atoms with E-state index in [1.54, 1.807) is 43.1 Å². The summed E-state index contributed by atoms with van der Waals surface area (Å²) in [5.74, 6) is 0.447. The van der Waals surface area contributed by atoms with Crippen LogP contribution >= 0.6 is 35.7 Å². The van der Waals surface area contributed by atoms with Crippen molar-refractivity contribution in [2.24, 2.45) is 4.99 Å². The Morgan fingerprint density at radius 2 is 1.65 bits per heavy atom. The average Bonchev–Trinajstić information content (AvgIpc) is 3.01. The zero-order chi connectivity index (χ0) is 21.5. The van der Waals surface area contributed by atoms with Crippen molar-refractivity contribution in [3.05, 3.63) is 65.2 Å². The summed E-state index contributed by atoms with van der Waals surface area (Å²) in [5, 5.41) is 3.36. The van der Waals surface area contributed by atoms with Crippen LogP contribution in [0.15, 0.2) is 58.4 Å². The van der Waals surface area contributed by atoms with Crippen LogP contribution in [0, 0.1) is 0 Å². The van der Waals surface area contributed by atoms with Gasteiger partial charge in [-0.15, -0.1) is 35.7 Å². The number of benzene rings is 2. The Morgan fingerprint density at radius 1 is 1.03 bits per heavy atom. The number of fused-ring (bicyclic) bond motifs is 1. The van der Waals surface area contributed by atoms with Gasteiger partial charge in [-0.25, -0.2) is 0 Å². The summed E-state index contributed by atoms with van der Waals surface area (Å²) in [5.41, 5.74) is 2.24. The molecule has 0 aliphatic carbocycles. The third kappa shape index (κ3) is 6.22. The third-order valence-electron chi connectivity index (χ3n) is 5.12.